The van der Waals surface area contributed by atoms with Crippen molar-refractivity contribution in [3.8, 4) is 0 Å². The number of nitrogens with one attached hydrogen (secondary N) is 1. The van der Waals surface area contributed by atoms with Crippen LogP contribution in [0.2, 0.25) is 0 Å². The third kappa shape index (κ3) is 4.26. The van der Waals surface area contributed by atoms with Gasteiger partial charge in [0, 0.05) is 30.3 Å². The second-order valence-corrected chi connectivity index (χ2v) is 6.62. The maximum absolute atomic E-state index is 13.0. The number of aromatic nitrogens is 1. The fraction of sp³-hybridized carbons (Fsp3) is 0.174. The number of amides is 2. The highest BCUT2D eigenvalue weighted by Gasteiger charge is 2.18. The van der Waals surface area contributed by atoms with Gasteiger partial charge in [-0.2, -0.15) is 0 Å². The molecule has 0 aliphatic rings. The van der Waals surface area contributed by atoms with E-state index in [-0.39, 0.29) is 11.8 Å². The van der Waals surface area contributed by atoms with Gasteiger partial charge in [0.05, 0.1) is 11.1 Å². The van der Waals surface area contributed by atoms with Crippen molar-refractivity contribution in [1.29, 1.82) is 0 Å². The summed E-state index contributed by atoms with van der Waals surface area (Å²) >= 11 is 0. The van der Waals surface area contributed by atoms with Crippen molar-refractivity contribution in [2.24, 2.45) is 0 Å². The average Bonchev–Trinajstić information content (AvgIpc) is 2.71. The van der Waals surface area contributed by atoms with Gasteiger partial charge in [0.2, 0.25) is 0 Å². The van der Waals surface area contributed by atoms with Crippen LogP contribution >= 0.6 is 0 Å². The van der Waals surface area contributed by atoms with Gasteiger partial charge in [-0.3, -0.25) is 14.6 Å². The number of para-hydroxylation sites is 1. The van der Waals surface area contributed by atoms with Crippen LogP contribution in [-0.2, 0) is 0 Å². The Kier molecular flexibility index (Phi) is 5.84. The van der Waals surface area contributed by atoms with Crippen LogP contribution in [0.25, 0.3) is 0 Å². The first-order valence-electron chi connectivity index (χ1n) is 9.20. The predicted octanol–water partition coefficient (Wildman–Crippen LogP) is 4.62. The molecule has 0 saturated carbocycles. The van der Waals surface area contributed by atoms with E-state index < -0.39 is 0 Å². The Bertz CT molecular complexity index is 1000. The van der Waals surface area contributed by atoms with E-state index in [1.54, 1.807) is 11.0 Å². The van der Waals surface area contributed by atoms with E-state index in [0.29, 0.717) is 17.7 Å². The second-order valence-electron chi connectivity index (χ2n) is 6.62. The quantitative estimate of drug-likeness (QED) is 0.710. The summed E-state index contributed by atoms with van der Waals surface area (Å²) in [6, 6.07) is 16.8. The number of carbonyl (C=O) groups is 2. The zero-order chi connectivity index (χ0) is 20.1. The van der Waals surface area contributed by atoms with Crippen molar-refractivity contribution in [3.05, 3.63) is 89.2 Å². The van der Waals surface area contributed by atoms with Crippen molar-refractivity contribution in [1.82, 2.24) is 4.98 Å². The molecule has 28 heavy (non-hydrogen) atoms. The summed E-state index contributed by atoms with van der Waals surface area (Å²) in [6.07, 6.45) is 2.95. The summed E-state index contributed by atoms with van der Waals surface area (Å²) in [4.78, 5) is 31.4. The molecule has 0 bridgehead atoms. The average molecular weight is 373 g/mol. The molecule has 0 atom stereocenters. The normalized spacial score (nSPS) is 10.4. The maximum Gasteiger partial charge on any atom is 0.259 e. The monoisotopic (exact) mass is 373 g/mol. The molecular weight excluding hydrogens is 350 g/mol. The van der Waals surface area contributed by atoms with Crippen molar-refractivity contribution in [2.45, 2.75) is 20.8 Å². The van der Waals surface area contributed by atoms with Crippen LogP contribution in [0.5, 0.6) is 0 Å². The van der Waals surface area contributed by atoms with E-state index in [9.17, 15) is 9.59 Å². The molecule has 2 aromatic carbocycles. The number of rotatable bonds is 5. The number of pyridine rings is 1. The Morgan fingerprint density at radius 3 is 2.36 bits per heavy atom. The van der Waals surface area contributed by atoms with Gasteiger partial charge >= 0.3 is 0 Å². The van der Waals surface area contributed by atoms with E-state index in [2.05, 4.69) is 10.3 Å². The van der Waals surface area contributed by atoms with Crippen LogP contribution in [0.1, 0.15) is 38.8 Å². The fourth-order valence-electron chi connectivity index (χ4n) is 3.04. The lowest BCUT2D eigenvalue weighted by atomic mass is 10.1. The Morgan fingerprint density at radius 2 is 1.68 bits per heavy atom. The lowest BCUT2D eigenvalue weighted by Gasteiger charge is -2.21. The number of benzene rings is 2. The number of hydrogen-bond acceptors (Lipinski definition) is 3. The van der Waals surface area contributed by atoms with Gasteiger partial charge < -0.3 is 10.2 Å². The lowest BCUT2D eigenvalue weighted by molar-refractivity contribution is 0.0988. The molecule has 1 N–H and O–H groups in total. The summed E-state index contributed by atoms with van der Waals surface area (Å²) in [6.45, 7) is 6.38. The first-order valence-corrected chi connectivity index (χ1v) is 9.20. The summed E-state index contributed by atoms with van der Waals surface area (Å²) in [5, 5.41) is 2.89. The Morgan fingerprint density at radius 1 is 0.964 bits per heavy atom. The van der Waals surface area contributed by atoms with Gasteiger partial charge in [-0.15, -0.1) is 0 Å². The minimum Gasteiger partial charge on any atom is -0.322 e. The number of anilines is 2. The van der Waals surface area contributed by atoms with Crippen LogP contribution < -0.4 is 10.2 Å². The van der Waals surface area contributed by atoms with E-state index in [1.165, 1.54) is 12.4 Å². The van der Waals surface area contributed by atoms with E-state index in [0.717, 1.165) is 22.5 Å². The van der Waals surface area contributed by atoms with Crippen molar-refractivity contribution >= 4 is 23.2 Å². The highest BCUT2D eigenvalue weighted by atomic mass is 16.2. The highest BCUT2D eigenvalue weighted by molar-refractivity contribution is 6.09. The fourth-order valence-corrected chi connectivity index (χ4v) is 3.04. The van der Waals surface area contributed by atoms with Gasteiger partial charge in [0.1, 0.15) is 0 Å². The van der Waals surface area contributed by atoms with Crippen LogP contribution in [0, 0.1) is 13.8 Å². The van der Waals surface area contributed by atoms with Gasteiger partial charge in [0.15, 0.2) is 0 Å². The molecule has 2 amide bonds. The molecule has 0 saturated heterocycles. The van der Waals surface area contributed by atoms with Crippen LogP contribution in [0.3, 0.4) is 0 Å². The molecule has 5 heteroatoms. The molecule has 1 aromatic heterocycles. The molecule has 142 valence electrons. The number of nitrogens with zero attached hydrogens (tertiary/aromatic N) is 2. The molecule has 0 radical (unpaired) electrons. The summed E-state index contributed by atoms with van der Waals surface area (Å²) in [7, 11) is 0. The molecule has 0 aliphatic carbocycles. The van der Waals surface area contributed by atoms with Crippen LogP contribution in [0.4, 0.5) is 11.4 Å². The number of hydrogen-bond donors (Lipinski definition) is 1. The third-order valence-corrected chi connectivity index (χ3v) is 4.51. The SMILES string of the molecule is CCN(C(=O)c1cncc(C(=O)Nc2ccc(C)cc2C)c1)c1ccccc1. The molecule has 1 heterocycles. The van der Waals surface area contributed by atoms with Gasteiger partial charge in [-0.1, -0.05) is 35.9 Å². The zero-order valence-corrected chi connectivity index (χ0v) is 16.3. The number of aryl methyl sites for hydroxylation is 2. The molecular formula is C23H23N3O2. The Hall–Kier alpha value is -3.47. The van der Waals surface area contributed by atoms with Crippen molar-refractivity contribution in [2.75, 3.05) is 16.8 Å². The van der Waals surface area contributed by atoms with Crippen LogP contribution in [-0.4, -0.2) is 23.3 Å². The summed E-state index contributed by atoms with van der Waals surface area (Å²) in [5.41, 5.74) is 4.38. The third-order valence-electron chi connectivity index (χ3n) is 4.51. The highest BCUT2D eigenvalue weighted by Crippen LogP contribution is 2.19. The molecule has 3 rings (SSSR count). The molecule has 0 aliphatic heterocycles. The molecule has 0 fully saturated rings. The predicted molar refractivity (Wildman–Crippen MR) is 112 cm³/mol. The van der Waals surface area contributed by atoms with Gasteiger partial charge in [-0.25, -0.2) is 0 Å². The standard InChI is InChI=1S/C23H23N3O2/c1-4-26(20-8-6-5-7-9-20)23(28)19-13-18(14-24-15-19)22(27)25-21-11-10-16(2)12-17(21)3/h5-15H,4H2,1-3H3,(H,25,27). The Balaban J connectivity index is 1.83. The number of carbonyl (C=O) groups excluding carboxylic acids is 2. The zero-order valence-electron chi connectivity index (χ0n) is 16.3. The van der Waals surface area contributed by atoms with Crippen LogP contribution in [0.15, 0.2) is 67.0 Å². The first-order chi connectivity index (χ1) is 13.5. The molecule has 0 spiro atoms. The van der Waals surface area contributed by atoms with E-state index in [4.69, 9.17) is 0 Å². The van der Waals surface area contributed by atoms with Gasteiger partial charge in [0.25, 0.3) is 11.8 Å². The van der Waals surface area contributed by atoms with Gasteiger partial charge in [-0.05, 0) is 50.6 Å². The maximum atomic E-state index is 13.0. The smallest absolute Gasteiger partial charge is 0.259 e. The molecule has 5 nitrogen and oxygen atoms in total. The minimum absolute atomic E-state index is 0.192. The van der Waals surface area contributed by atoms with Crippen molar-refractivity contribution < 1.29 is 9.59 Å². The van der Waals surface area contributed by atoms with E-state index in [1.807, 2.05) is 69.3 Å². The first kappa shape index (κ1) is 19.3. The van der Waals surface area contributed by atoms with Crippen molar-refractivity contribution in [3.63, 3.8) is 0 Å². The Labute approximate surface area is 165 Å². The topological polar surface area (TPSA) is 62.3 Å². The largest absolute Gasteiger partial charge is 0.322 e. The van der Waals surface area contributed by atoms with E-state index >= 15 is 0 Å². The molecule has 3 aromatic rings. The summed E-state index contributed by atoms with van der Waals surface area (Å²) in [5.74, 6) is -0.487. The lowest BCUT2D eigenvalue weighted by Crippen LogP contribution is -2.31. The minimum atomic E-state index is -0.295. The summed E-state index contributed by atoms with van der Waals surface area (Å²) < 4.78 is 0. The molecule has 0 unspecified atom stereocenters. The second kappa shape index (κ2) is 8.48.